The Morgan fingerprint density at radius 3 is 2.87 bits per heavy atom. The number of nitrogens with zero attached hydrogens (tertiary/aromatic N) is 2. The van der Waals surface area contributed by atoms with Gasteiger partial charge in [-0.15, -0.1) is 0 Å². The number of rotatable bonds is 1. The molecule has 2 heterocycles. The van der Waals surface area contributed by atoms with Crippen molar-refractivity contribution < 1.29 is 0 Å². The quantitative estimate of drug-likeness (QED) is 0.669. The monoisotopic (exact) mass is 322 g/mol. The molecule has 0 bridgehead atoms. The van der Waals surface area contributed by atoms with Crippen molar-refractivity contribution in [2.24, 2.45) is 0 Å². The van der Waals surface area contributed by atoms with Gasteiger partial charge in [0.05, 0.1) is 10.9 Å². The number of fused-ring (bicyclic) bond motifs is 2. The van der Waals surface area contributed by atoms with Gasteiger partial charge in [0.1, 0.15) is 5.82 Å². The van der Waals surface area contributed by atoms with Crippen LogP contribution in [-0.2, 0) is 6.54 Å². The zero-order valence-electron chi connectivity index (χ0n) is 12.7. The Bertz CT molecular complexity index is 1020. The van der Waals surface area contributed by atoms with Crippen molar-refractivity contribution in [1.82, 2.24) is 9.55 Å². The van der Waals surface area contributed by atoms with Crippen molar-refractivity contribution in [1.29, 1.82) is 0 Å². The first-order chi connectivity index (χ1) is 11.1. The standard InChI is InChI=1S/C19H15ClN2O/c1-12-4-2-3-5-13(12)10-14-8-9-22-18(14)21-17-7-6-15(20)11-16(17)19(22)23/h2-7,10-11H,8-9H2,1H3/b14-10+. The summed E-state index contributed by atoms with van der Waals surface area (Å²) in [6.07, 6.45) is 2.96. The highest BCUT2D eigenvalue weighted by Crippen LogP contribution is 2.28. The molecular weight excluding hydrogens is 308 g/mol. The molecule has 0 spiro atoms. The molecule has 0 fully saturated rings. The molecule has 0 saturated carbocycles. The molecule has 0 radical (unpaired) electrons. The number of aromatic nitrogens is 2. The van der Waals surface area contributed by atoms with Gasteiger partial charge in [-0.05, 0) is 54.3 Å². The van der Waals surface area contributed by atoms with Crippen LogP contribution in [0.4, 0.5) is 0 Å². The van der Waals surface area contributed by atoms with Gasteiger partial charge in [0.15, 0.2) is 0 Å². The molecule has 0 aliphatic carbocycles. The minimum atomic E-state index is -0.0133. The van der Waals surface area contributed by atoms with Crippen LogP contribution < -0.4 is 5.56 Å². The second kappa shape index (κ2) is 5.36. The Hall–Kier alpha value is -2.39. The summed E-state index contributed by atoms with van der Waals surface area (Å²) in [5.41, 5.74) is 4.17. The molecule has 0 atom stereocenters. The highest BCUT2D eigenvalue weighted by molar-refractivity contribution is 6.31. The molecule has 0 saturated heterocycles. The largest absolute Gasteiger partial charge is 0.292 e. The SMILES string of the molecule is Cc1ccccc1/C=C1\CCn2c1nc1ccc(Cl)cc1c2=O. The third-order valence-corrected chi connectivity index (χ3v) is 4.56. The lowest BCUT2D eigenvalue weighted by molar-refractivity contribution is 0.725. The van der Waals surface area contributed by atoms with Crippen molar-refractivity contribution >= 4 is 34.2 Å². The van der Waals surface area contributed by atoms with E-state index in [1.54, 1.807) is 16.7 Å². The van der Waals surface area contributed by atoms with Gasteiger partial charge in [-0.2, -0.15) is 0 Å². The average molecular weight is 323 g/mol. The normalized spacial score (nSPS) is 15.3. The van der Waals surface area contributed by atoms with E-state index in [0.29, 0.717) is 22.5 Å². The zero-order chi connectivity index (χ0) is 16.0. The molecule has 3 aromatic rings. The second-order valence-electron chi connectivity index (χ2n) is 5.83. The number of allylic oxidation sites excluding steroid dienone is 1. The van der Waals surface area contributed by atoms with E-state index in [-0.39, 0.29) is 5.56 Å². The van der Waals surface area contributed by atoms with Gasteiger partial charge in [0, 0.05) is 11.6 Å². The number of halogens is 1. The lowest BCUT2D eigenvalue weighted by Crippen LogP contribution is -2.20. The van der Waals surface area contributed by atoms with E-state index in [1.165, 1.54) is 11.1 Å². The van der Waals surface area contributed by atoms with Gasteiger partial charge in [0.25, 0.3) is 5.56 Å². The van der Waals surface area contributed by atoms with Crippen LogP contribution in [0.25, 0.3) is 22.6 Å². The van der Waals surface area contributed by atoms with Crippen LogP contribution in [0.2, 0.25) is 5.02 Å². The van der Waals surface area contributed by atoms with Gasteiger partial charge < -0.3 is 0 Å². The highest BCUT2D eigenvalue weighted by Gasteiger charge is 2.21. The maximum atomic E-state index is 12.7. The van der Waals surface area contributed by atoms with E-state index < -0.39 is 0 Å². The van der Waals surface area contributed by atoms with E-state index in [1.807, 2.05) is 18.2 Å². The van der Waals surface area contributed by atoms with Gasteiger partial charge in [-0.1, -0.05) is 35.9 Å². The number of aryl methyl sites for hydroxylation is 1. The molecule has 114 valence electrons. The van der Waals surface area contributed by atoms with Crippen LogP contribution in [0.3, 0.4) is 0 Å². The van der Waals surface area contributed by atoms with Crippen LogP contribution >= 0.6 is 11.6 Å². The molecule has 0 amide bonds. The van der Waals surface area contributed by atoms with Crippen LogP contribution in [0.15, 0.2) is 47.3 Å². The molecule has 2 aromatic carbocycles. The molecule has 0 N–H and O–H groups in total. The van der Waals surface area contributed by atoms with E-state index in [2.05, 4.69) is 25.1 Å². The van der Waals surface area contributed by atoms with Crippen molar-refractivity contribution in [3.8, 4) is 0 Å². The molecule has 1 aromatic heterocycles. The fourth-order valence-electron chi connectivity index (χ4n) is 3.06. The van der Waals surface area contributed by atoms with Crippen LogP contribution in [0, 0.1) is 6.92 Å². The smallest absolute Gasteiger partial charge is 0.261 e. The lowest BCUT2D eigenvalue weighted by Gasteiger charge is -2.06. The minimum absolute atomic E-state index is 0.0133. The fraction of sp³-hybridized carbons (Fsp3) is 0.158. The van der Waals surface area contributed by atoms with E-state index in [9.17, 15) is 4.79 Å². The molecule has 4 rings (SSSR count). The Kier molecular flexibility index (Phi) is 3.31. The van der Waals surface area contributed by atoms with Gasteiger partial charge >= 0.3 is 0 Å². The summed E-state index contributed by atoms with van der Waals surface area (Å²) < 4.78 is 1.75. The predicted molar refractivity (Wildman–Crippen MR) is 94.7 cm³/mol. The molecule has 23 heavy (non-hydrogen) atoms. The molecule has 0 unspecified atom stereocenters. The molecular formula is C19H15ClN2O. The van der Waals surface area contributed by atoms with Crippen molar-refractivity contribution in [3.63, 3.8) is 0 Å². The van der Waals surface area contributed by atoms with E-state index in [0.717, 1.165) is 17.8 Å². The molecule has 3 nitrogen and oxygen atoms in total. The average Bonchev–Trinajstić information content (AvgIpc) is 2.94. The Balaban J connectivity index is 1.93. The summed E-state index contributed by atoms with van der Waals surface area (Å²) in [6, 6.07) is 13.5. The van der Waals surface area contributed by atoms with E-state index >= 15 is 0 Å². The minimum Gasteiger partial charge on any atom is -0.292 e. The van der Waals surface area contributed by atoms with Crippen molar-refractivity contribution in [3.05, 3.63) is 74.8 Å². The first-order valence-electron chi connectivity index (χ1n) is 7.60. The Labute approximate surface area is 138 Å². The zero-order valence-corrected chi connectivity index (χ0v) is 13.5. The van der Waals surface area contributed by atoms with Crippen LogP contribution in [0.1, 0.15) is 23.4 Å². The summed E-state index contributed by atoms with van der Waals surface area (Å²) in [6.45, 7) is 2.76. The van der Waals surface area contributed by atoms with Crippen molar-refractivity contribution in [2.45, 2.75) is 19.9 Å². The summed E-state index contributed by atoms with van der Waals surface area (Å²) in [7, 11) is 0. The predicted octanol–water partition coefficient (Wildman–Crippen LogP) is 4.30. The number of benzene rings is 2. The lowest BCUT2D eigenvalue weighted by atomic mass is 10.0. The second-order valence-corrected chi connectivity index (χ2v) is 6.27. The summed E-state index contributed by atoms with van der Waals surface area (Å²) in [5, 5.41) is 1.14. The number of hydrogen-bond donors (Lipinski definition) is 0. The third-order valence-electron chi connectivity index (χ3n) is 4.33. The molecule has 4 heteroatoms. The van der Waals surface area contributed by atoms with Gasteiger partial charge in [-0.25, -0.2) is 4.98 Å². The first kappa shape index (κ1) is 14.2. The Morgan fingerprint density at radius 2 is 2.04 bits per heavy atom. The topological polar surface area (TPSA) is 34.9 Å². The van der Waals surface area contributed by atoms with Crippen LogP contribution in [-0.4, -0.2) is 9.55 Å². The van der Waals surface area contributed by atoms with Gasteiger partial charge in [0.2, 0.25) is 0 Å². The fourth-order valence-corrected chi connectivity index (χ4v) is 3.24. The highest BCUT2D eigenvalue weighted by atomic mass is 35.5. The Morgan fingerprint density at radius 1 is 1.22 bits per heavy atom. The van der Waals surface area contributed by atoms with Crippen LogP contribution in [0.5, 0.6) is 0 Å². The summed E-state index contributed by atoms with van der Waals surface area (Å²) in [4.78, 5) is 17.4. The van der Waals surface area contributed by atoms with Gasteiger partial charge in [-0.3, -0.25) is 9.36 Å². The van der Waals surface area contributed by atoms with Crippen molar-refractivity contribution in [2.75, 3.05) is 0 Å². The third kappa shape index (κ3) is 2.37. The molecule has 1 aliphatic heterocycles. The maximum Gasteiger partial charge on any atom is 0.261 e. The van der Waals surface area contributed by atoms with E-state index in [4.69, 9.17) is 16.6 Å². The maximum absolute atomic E-state index is 12.7. The summed E-state index contributed by atoms with van der Waals surface area (Å²) in [5.74, 6) is 0.771. The molecule has 1 aliphatic rings. The number of hydrogen-bond acceptors (Lipinski definition) is 2. The summed E-state index contributed by atoms with van der Waals surface area (Å²) >= 11 is 6.01. The first-order valence-corrected chi connectivity index (χ1v) is 7.98.